The zero-order valence-corrected chi connectivity index (χ0v) is 10.4. The molecule has 1 heterocycles. The van der Waals surface area contributed by atoms with E-state index in [1.807, 2.05) is 6.92 Å². The van der Waals surface area contributed by atoms with Gasteiger partial charge in [-0.15, -0.1) is 0 Å². The Morgan fingerprint density at radius 3 is 3.06 bits per heavy atom. The summed E-state index contributed by atoms with van der Waals surface area (Å²) in [5.41, 5.74) is 3.59. The van der Waals surface area contributed by atoms with Crippen LogP contribution in [0.3, 0.4) is 0 Å². The lowest BCUT2D eigenvalue weighted by Gasteiger charge is -2.41. The fourth-order valence-corrected chi connectivity index (χ4v) is 4.58. The summed E-state index contributed by atoms with van der Waals surface area (Å²) in [6.07, 6.45) is 3.62. The van der Waals surface area contributed by atoms with Gasteiger partial charge in [-0.25, -0.2) is 0 Å². The highest BCUT2D eigenvalue weighted by Crippen LogP contribution is 2.72. The molecule has 1 aromatic heterocycles. The summed E-state index contributed by atoms with van der Waals surface area (Å²) in [5, 5.41) is 10.7. The van der Waals surface area contributed by atoms with E-state index >= 15 is 0 Å². The monoisotopic (exact) mass is 230 g/mol. The van der Waals surface area contributed by atoms with E-state index in [4.69, 9.17) is 4.42 Å². The predicted octanol–water partition coefficient (Wildman–Crippen LogP) is 3.01. The fourth-order valence-electron chi connectivity index (χ4n) is 4.58. The number of rotatable bonds is 0. The van der Waals surface area contributed by atoms with E-state index in [0.717, 1.165) is 29.2 Å². The molecule has 4 rings (SSSR count). The molecule has 0 unspecified atom stereocenters. The number of hydrogen-bond donors (Lipinski definition) is 1. The van der Waals surface area contributed by atoms with E-state index in [0.29, 0.717) is 5.92 Å². The van der Waals surface area contributed by atoms with Gasteiger partial charge in [0.05, 0.1) is 12.4 Å². The number of aliphatic hydroxyl groups excluding tert-OH is 1. The van der Waals surface area contributed by atoms with Crippen LogP contribution >= 0.6 is 0 Å². The molecule has 2 fully saturated rings. The third-order valence-corrected chi connectivity index (χ3v) is 5.48. The van der Waals surface area contributed by atoms with Gasteiger partial charge in [0.15, 0.2) is 0 Å². The van der Waals surface area contributed by atoms with Crippen LogP contribution < -0.4 is 0 Å². The summed E-state index contributed by atoms with van der Waals surface area (Å²) in [5.74, 6) is 2.65. The van der Waals surface area contributed by atoms with Gasteiger partial charge in [0.1, 0.15) is 5.76 Å². The van der Waals surface area contributed by atoms with Gasteiger partial charge in [-0.1, -0.05) is 19.1 Å². The maximum atomic E-state index is 10.7. The van der Waals surface area contributed by atoms with E-state index in [9.17, 15) is 5.11 Å². The Kier molecular flexibility index (Phi) is 1.58. The summed E-state index contributed by atoms with van der Waals surface area (Å²) in [6.45, 7) is 8.58. The summed E-state index contributed by atoms with van der Waals surface area (Å²) < 4.78 is 5.64. The Morgan fingerprint density at radius 1 is 1.53 bits per heavy atom. The standard InChI is InChI=1S/C15H18O2/c1-7-6-17-11-5-15(3)10-4-9(10)8(2)13(15)14(16)12(7)11/h6,9-10,13-14,16H,2,4-5H2,1,3H3/t9-,10+,13+,14-,15+/m1/s1. The van der Waals surface area contributed by atoms with Gasteiger partial charge >= 0.3 is 0 Å². The van der Waals surface area contributed by atoms with Gasteiger partial charge in [-0.3, -0.25) is 0 Å². The van der Waals surface area contributed by atoms with Gasteiger partial charge in [0, 0.05) is 17.9 Å². The number of aryl methyl sites for hydroxylation is 1. The predicted molar refractivity (Wildman–Crippen MR) is 64.4 cm³/mol. The van der Waals surface area contributed by atoms with Crippen molar-refractivity contribution >= 4 is 0 Å². The van der Waals surface area contributed by atoms with Crippen LogP contribution in [0.4, 0.5) is 0 Å². The van der Waals surface area contributed by atoms with Crippen LogP contribution in [-0.4, -0.2) is 5.11 Å². The minimum Gasteiger partial charge on any atom is -0.469 e. The third-order valence-electron chi connectivity index (χ3n) is 5.48. The highest BCUT2D eigenvalue weighted by molar-refractivity contribution is 5.42. The topological polar surface area (TPSA) is 33.4 Å². The van der Waals surface area contributed by atoms with E-state index in [-0.39, 0.29) is 11.3 Å². The molecule has 0 aromatic carbocycles. The van der Waals surface area contributed by atoms with Crippen molar-refractivity contribution in [2.75, 3.05) is 0 Å². The molecule has 0 spiro atoms. The van der Waals surface area contributed by atoms with Gasteiger partial charge in [0.25, 0.3) is 0 Å². The van der Waals surface area contributed by atoms with E-state index in [2.05, 4.69) is 13.5 Å². The van der Waals surface area contributed by atoms with Crippen LogP contribution in [0.5, 0.6) is 0 Å². The largest absolute Gasteiger partial charge is 0.469 e. The first kappa shape index (κ1) is 9.95. The Labute approximate surface area is 101 Å². The van der Waals surface area contributed by atoms with Crippen molar-refractivity contribution in [3.8, 4) is 0 Å². The molecular formula is C15H18O2. The lowest BCUT2D eigenvalue weighted by Crippen LogP contribution is -2.37. The summed E-state index contributed by atoms with van der Waals surface area (Å²) in [6, 6.07) is 0. The zero-order valence-electron chi connectivity index (χ0n) is 10.4. The molecule has 1 aromatic rings. The number of hydrogen-bond acceptors (Lipinski definition) is 2. The lowest BCUT2D eigenvalue weighted by molar-refractivity contribution is 0.0272. The van der Waals surface area contributed by atoms with Crippen molar-refractivity contribution in [3.63, 3.8) is 0 Å². The average molecular weight is 230 g/mol. The Bertz CT molecular complexity index is 527. The van der Waals surface area contributed by atoms with Gasteiger partial charge in [-0.2, -0.15) is 0 Å². The zero-order chi connectivity index (χ0) is 11.9. The highest BCUT2D eigenvalue weighted by Gasteiger charge is 2.66. The quantitative estimate of drug-likeness (QED) is 0.695. The molecule has 0 bridgehead atoms. The number of furan rings is 1. The second kappa shape index (κ2) is 2.69. The smallest absolute Gasteiger partial charge is 0.110 e. The van der Waals surface area contributed by atoms with Crippen molar-refractivity contribution in [2.24, 2.45) is 23.2 Å². The maximum absolute atomic E-state index is 10.7. The molecule has 2 saturated carbocycles. The fraction of sp³-hybridized carbons (Fsp3) is 0.600. The van der Waals surface area contributed by atoms with Gasteiger partial charge < -0.3 is 9.52 Å². The molecule has 2 nitrogen and oxygen atoms in total. The molecule has 17 heavy (non-hydrogen) atoms. The van der Waals surface area contributed by atoms with Crippen molar-refractivity contribution in [3.05, 3.63) is 35.3 Å². The number of aliphatic hydroxyl groups is 1. The van der Waals surface area contributed by atoms with Crippen LogP contribution in [-0.2, 0) is 6.42 Å². The molecule has 0 saturated heterocycles. The number of fused-ring (bicyclic) bond motifs is 4. The van der Waals surface area contributed by atoms with Gasteiger partial charge in [0.2, 0.25) is 0 Å². The molecule has 3 aliphatic carbocycles. The normalized spacial score (nSPS) is 46.4. The first-order valence-corrected chi connectivity index (χ1v) is 6.47. The molecule has 5 atom stereocenters. The molecular weight excluding hydrogens is 212 g/mol. The third kappa shape index (κ3) is 0.971. The van der Waals surface area contributed by atoms with Crippen molar-refractivity contribution in [1.82, 2.24) is 0 Å². The maximum Gasteiger partial charge on any atom is 0.110 e. The first-order valence-electron chi connectivity index (χ1n) is 6.47. The van der Waals surface area contributed by atoms with Crippen molar-refractivity contribution in [2.45, 2.75) is 32.8 Å². The average Bonchev–Trinajstić information content (AvgIpc) is 2.94. The molecule has 0 amide bonds. The van der Waals surface area contributed by atoms with E-state index in [1.165, 1.54) is 12.0 Å². The van der Waals surface area contributed by atoms with E-state index in [1.54, 1.807) is 6.26 Å². The molecule has 3 aliphatic rings. The molecule has 1 N–H and O–H groups in total. The minimum atomic E-state index is -0.400. The van der Waals surface area contributed by atoms with Crippen LogP contribution in [0.2, 0.25) is 0 Å². The molecule has 0 radical (unpaired) electrons. The van der Waals surface area contributed by atoms with E-state index < -0.39 is 6.10 Å². The van der Waals surface area contributed by atoms with Crippen molar-refractivity contribution < 1.29 is 9.52 Å². The summed E-state index contributed by atoms with van der Waals surface area (Å²) in [4.78, 5) is 0. The summed E-state index contributed by atoms with van der Waals surface area (Å²) >= 11 is 0. The second-order valence-electron chi connectivity index (χ2n) is 6.38. The molecule has 0 aliphatic heterocycles. The second-order valence-corrected chi connectivity index (χ2v) is 6.38. The minimum absolute atomic E-state index is 0.179. The SMILES string of the molecule is C=C1[C@H]2C[C@@H]2[C@]2(C)Cc3occ(C)c3[C@@H](O)[C@H]12. The highest BCUT2D eigenvalue weighted by atomic mass is 16.3. The Balaban J connectivity index is 1.90. The lowest BCUT2D eigenvalue weighted by atomic mass is 9.64. The Morgan fingerprint density at radius 2 is 2.29 bits per heavy atom. The van der Waals surface area contributed by atoms with Crippen LogP contribution in [0.1, 0.15) is 36.3 Å². The van der Waals surface area contributed by atoms with Crippen LogP contribution in [0.15, 0.2) is 22.8 Å². The van der Waals surface area contributed by atoms with Crippen molar-refractivity contribution in [1.29, 1.82) is 0 Å². The Hall–Kier alpha value is -1.02. The molecule has 90 valence electrons. The molecule has 2 heteroatoms. The van der Waals surface area contributed by atoms with Crippen LogP contribution in [0, 0.1) is 30.1 Å². The van der Waals surface area contributed by atoms with Gasteiger partial charge in [-0.05, 0) is 36.2 Å². The summed E-state index contributed by atoms with van der Waals surface area (Å²) in [7, 11) is 0. The van der Waals surface area contributed by atoms with Crippen LogP contribution in [0.25, 0.3) is 0 Å². The first-order chi connectivity index (χ1) is 8.04.